The summed E-state index contributed by atoms with van der Waals surface area (Å²) in [5, 5.41) is 8.81. The Hall–Kier alpha value is -2.83. The number of likely N-dealkylation sites (tertiary alicyclic amines) is 1. The van der Waals surface area contributed by atoms with Crippen molar-refractivity contribution >= 4 is 11.9 Å². The van der Waals surface area contributed by atoms with E-state index >= 15 is 0 Å². The van der Waals surface area contributed by atoms with Gasteiger partial charge in [0, 0.05) is 49.3 Å². The van der Waals surface area contributed by atoms with Crippen molar-refractivity contribution < 1.29 is 19.1 Å². The molecule has 2 aromatic heterocycles. The standard InChI is InChI=1S/C19H20N2O5/c22-16(5-6-18(24)25)20-9-12-8-13(11-20)19-14(15-2-1-7-26-15)3-4-17(23)21(19)10-12/h1-4,7,12-13H,5-6,8-11H2,(H,24,25). The first-order valence-corrected chi connectivity index (χ1v) is 8.80. The molecule has 7 nitrogen and oxygen atoms in total. The molecule has 2 aliphatic rings. The lowest BCUT2D eigenvalue weighted by molar-refractivity contribution is -0.141. The molecule has 1 N–H and O–H groups in total. The van der Waals surface area contributed by atoms with Gasteiger partial charge in [0.15, 0.2) is 0 Å². The molecule has 2 bridgehead atoms. The van der Waals surface area contributed by atoms with E-state index in [1.807, 2.05) is 16.7 Å². The van der Waals surface area contributed by atoms with Crippen LogP contribution in [0, 0.1) is 5.92 Å². The molecule has 2 aliphatic heterocycles. The number of aliphatic carboxylic acids is 1. The van der Waals surface area contributed by atoms with Gasteiger partial charge >= 0.3 is 5.97 Å². The van der Waals surface area contributed by atoms with Gasteiger partial charge in [-0.2, -0.15) is 0 Å². The summed E-state index contributed by atoms with van der Waals surface area (Å²) in [7, 11) is 0. The lowest BCUT2D eigenvalue weighted by Gasteiger charge is -2.43. The lowest BCUT2D eigenvalue weighted by atomic mass is 9.81. The van der Waals surface area contributed by atoms with E-state index in [2.05, 4.69) is 0 Å². The van der Waals surface area contributed by atoms with Crippen molar-refractivity contribution in [2.24, 2.45) is 5.92 Å². The number of carbonyl (C=O) groups excluding carboxylic acids is 1. The Kier molecular flexibility index (Phi) is 4.14. The zero-order valence-electron chi connectivity index (χ0n) is 14.3. The smallest absolute Gasteiger partial charge is 0.303 e. The van der Waals surface area contributed by atoms with E-state index in [-0.39, 0.29) is 36.1 Å². The molecule has 136 valence electrons. The number of aromatic nitrogens is 1. The van der Waals surface area contributed by atoms with Gasteiger partial charge in [-0.3, -0.25) is 14.4 Å². The molecule has 2 atom stereocenters. The molecular formula is C19H20N2O5. The fourth-order valence-electron chi connectivity index (χ4n) is 4.23. The number of furan rings is 1. The van der Waals surface area contributed by atoms with Crippen LogP contribution in [0.2, 0.25) is 0 Å². The van der Waals surface area contributed by atoms with Crippen LogP contribution in [0.5, 0.6) is 0 Å². The highest BCUT2D eigenvalue weighted by molar-refractivity contribution is 5.81. The average Bonchev–Trinajstić information content (AvgIpc) is 3.14. The Balaban J connectivity index is 1.67. The number of piperidine rings is 1. The Morgan fingerprint density at radius 1 is 1.15 bits per heavy atom. The van der Waals surface area contributed by atoms with E-state index in [4.69, 9.17) is 9.52 Å². The predicted octanol–water partition coefficient (Wildman–Crippen LogP) is 1.92. The monoisotopic (exact) mass is 356 g/mol. The summed E-state index contributed by atoms with van der Waals surface area (Å²) in [4.78, 5) is 37.3. The molecule has 2 unspecified atom stereocenters. The van der Waals surface area contributed by atoms with Crippen molar-refractivity contribution in [1.29, 1.82) is 0 Å². The van der Waals surface area contributed by atoms with Crippen LogP contribution in [0.15, 0.2) is 39.7 Å². The molecule has 1 saturated heterocycles. The van der Waals surface area contributed by atoms with Crippen LogP contribution < -0.4 is 5.56 Å². The SMILES string of the molecule is O=C(O)CCC(=O)N1CC2CC(C1)c1c(-c3ccco3)ccc(=O)n1C2. The van der Waals surface area contributed by atoms with E-state index in [9.17, 15) is 14.4 Å². The summed E-state index contributed by atoms with van der Waals surface area (Å²) < 4.78 is 7.36. The van der Waals surface area contributed by atoms with Crippen molar-refractivity contribution in [1.82, 2.24) is 9.47 Å². The Morgan fingerprint density at radius 3 is 2.73 bits per heavy atom. The third kappa shape index (κ3) is 2.94. The van der Waals surface area contributed by atoms with E-state index in [0.29, 0.717) is 25.4 Å². The third-order valence-corrected chi connectivity index (χ3v) is 5.28. The van der Waals surface area contributed by atoms with Gasteiger partial charge in [-0.05, 0) is 30.5 Å². The van der Waals surface area contributed by atoms with Gasteiger partial charge in [0.25, 0.3) is 5.56 Å². The van der Waals surface area contributed by atoms with Gasteiger partial charge < -0.3 is 19.0 Å². The zero-order chi connectivity index (χ0) is 18.3. The first-order chi connectivity index (χ1) is 12.5. The molecule has 4 rings (SSSR count). The van der Waals surface area contributed by atoms with Gasteiger partial charge in [0.1, 0.15) is 5.76 Å². The number of amides is 1. The molecule has 0 aliphatic carbocycles. The number of carbonyl (C=O) groups is 2. The van der Waals surface area contributed by atoms with E-state index in [0.717, 1.165) is 17.7 Å². The Labute approximate surface area is 149 Å². The lowest BCUT2D eigenvalue weighted by Crippen LogP contribution is -2.49. The van der Waals surface area contributed by atoms with E-state index in [1.54, 1.807) is 23.3 Å². The fraction of sp³-hybridized carbons (Fsp3) is 0.421. The maximum Gasteiger partial charge on any atom is 0.303 e. The minimum absolute atomic E-state index is 0.0153. The highest BCUT2D eigenvalue weighted by atomic mass is 16.4. The van der Waals surface area contributed by atoms with Gasteiger partial charge in [-0.1, -0.05) is 0 Å². The molecule has 2 aromatic rings. The number of nitrogens with zero attached hydrogens (tertiary/aromatic N) is 2. The average molecular weight is 356 g/mol. The number of rotatable bonds is 4. The molecular weight excluding hydrogens is 336 g/mol. The highest BCUT2D eigenvalue weighted by Gasteiger charge is 2.38. The zero-order valence-corrected chi connectivity index (χ0v) is 14.3. The molecule has 0 aromatic carbocycles. The van der Waals surface area contributed by atoms with Crippen molar-refractivity contribution in [2.45, 2.75) is 31.7 Å². The first kappa shape index (κ1) is 16.6. The second-order valence-corrected chi connectivity index (χ2v) is 7.05. The summed E-state index contributed by atoms with van der Waals surface area (Å²) >= 11 is 0. The molecule has 0 saturated carbocycles. The van der Waals surface area contributed by atoms with Crippen LogP contribution in [0.3, 0.4) is 0 Å². The van der Waals surface area contributed by atoms with Crippen molar-refractivity contribution in [3.05, 3.63) is 46.6 Å². The minimum Gasteiger partial charge on any atom is -0.481 e. The van der Waals surface area contributed by atoms with Crippen LogP contribution in [0.1, 0.15) is 30.9 Å². The summed E-state index contributed by atoms with van der Waals surface area (Å²) in [6, 6.07) is 7.04. The second kappa shape index (κ2) is 6.48. The van der Waals surface area contributed by atoms with Gasteiger partial charge in [-0.15, -0.1) is 0 Å². The molecule has 1 fully saturated rings. The van der Waals surface area contributed by atoms with Gasteiger partial charge in [0.05, 0.1) is 12.7 Å². The quantitative estimate of drug-likeness (QED) is 0.903. The van der Waals surface area contributed by atoms with Crippen molar-refractivity contribution in [3.8, 4) is 11.3 Å². The van der Waals surface area contributed by atoms with Crippen LogP contribution in [-0.2, 0) is 16.1 Å². The van der Waals surface area contributed by atoms with Crippen LogP contribution in [-0.4, -0.2) is 39.5 Å². The van der Waals surface area contributed by atoms with Crippen LogP contribution >= 0.6 is 0 Å². The summed E-state index contributed by atoms with van der Waals surface area (Å²) in [5.74, 6) is -0.132. The molecule has 7 heteroatoms. The van der Waals surface area contributed by atoms with Crippen LogP contribution in [0.4, 0.5) is 0 Å². The molecule has 4 heterocycles. The summed E-state index contributed by atoms with van der Waals surface area (Å²) in [6.07, 6.45) is 2.38. The predicted molar refractivity (Wildman–Crippen MR) is 92.7 cm³/mol. The summed E-state index contributed by atoms with van der Waals surface area (Å²) in [5.41, 5.74) is 1.77. The van der Waals surface area contributed by atoms with Gasteiger partial charge in [-0.25, -0.2) is 0 Å². The van der Waals surface area contributed by atoms with E-state index in [1.165, 1.54) is 0 Å². The number of hydrogen-bond donors (Lipinski definition) is 1. The van der Waals surface area contributed by atoms with Crippen molar-refractivity contribution in [3.63, 3.8) is 0 Å². The minimum atomic E-state index is -0.965. The third-order valence-electron chi connectivity index (χ3n) is 5.28. The first-order valence-electron chi connectivity index (χ1n) is 8.80. The number of pyridine rings is 1. The number of carboxylic acid groups (broad SMARTS) is 1. The van der Waals surface area contributed by atoms with Gasteiger partial charge in [0.2, 0.25) is 5.91 Å². The number of fused-ring (bicyclic) bond motifs is 4. The molecule has 1 amide bonds. The molecule has 26 heavy (non-hydrogen) atoms. The number of hydrogen-bond acceptors (Lipinski definition) is 4. The van der Waals surface area contributed by atoms with Crippen molar-refractivity contribution in [2.75, 3.05) is 13.1 Å². The number of carboxylic acids is 1. The fourth-order valence-corrected chi connectivity index (χ4v) is 4.23. The second-order valence-electron chi connectivity index (χ2n) is 7.05. The largest absolute Gasteiger partial charge is 0.481 e. The normalized spacial score (nSPS) is 21.3. The Bertz CT molecular complexity index is 899. The maximum absolute atomic E-state index is 12.4. The Morgan fingerprint density at radius 2 is 2.00 bits per heavy atom. The summed E-state index contributed by atoms with van der Waals surface area (Å²) in [6.45, 7) is 1.65. The van der Waals surface area contributed by atoms with E-state index < -0.39 is 5.97 Å². The molecule has 0 spiro atoms. The highest BCUT2D eigenvalue weighted by Crippen LogP contribution is 2.40. The topological polar surface area (TPSA) is 92.8 Å². The molecule has 0 radical (unpaired) electrons. The maximum atomic E-state index is 12.4. The van der Waals surface area contributed by atoms with Crippen LogP contribution in [0.25, 0.3) is 11.3 Å².